The molecule has 2 atom stereocenters. The van der Waals surface area contributed by atoms with E-state index in [9.17, 15) is 14.0 Å². The molecule has 0 radical (unpaired) electrons. The van der Waals surface area contributed by atoms with E-state index >= 15 is 0 Å². The van der Waals surface area contributed by atoms with Crippen molar-refractivity contribution in [2.75, 3.05) is 26.2 Å². The second-order valence-corrected chi connectivity index (χ2v) is 8.51. The van der Waals surface area contributed by atoms with Gasteiger partial charge in [-0.2, -0.15) is 0 Å². The van der Waals surface area contributed by atoms with Gasteiger partial charge in [0.15, 0.2) is 11.5 Å². The van der Waals surface area contributed by atoms with Crippen LogP contribution in [0.25, 0.3) is 0 Å². The molecule has 3 aromatic carbocycles. The maximum absolute atomic E-state index is 13.5. The van der Waals surface area contributed by atoms with Gasteiger partial charge in [0.05, 0.1) is 33.3 Å². The van der Waals surface area contributed by atoms with Crippen molar-refractivity contribution in [2.45, 2.75) is 25.4 Å². The predicted octanol–water partition coefficient (Wildman–Crippen LogP) is 4.65. The number of nitrogens with one attached hydrogen (secondary N) is 1. The number of ether oxygens (including phenoxy) is 3. The zero-order valence-electron chi connectivity index (χ0n) is 20.5. The SMILES string of the molecule is COc1ccc(N2C(=O)CC[C@H](C(=O)NCc3ccc(F)cc3)[C@H]2c2ccc(OC)c(OC)c2)cc1. The van der Waals surface area contributed by atoms with Gasteiger partial charge in [0.2, 0.25) is 11.8 Å². The normalized spacial score (nSPS) is 17.4. The van der Waals surface area contributed by atoms with E-state index in [4.69, 9.17) is 14.2 Å². The molecule has 1 fully saturated rings. The van der Waals surface area contributed by atoms with E-state index in [-0.39, 0.29) is 30.6 Å². The monoisotopic (exact) mass is 492 g/mol. The van der Waals surface area contributed by atoms with E-state index in [0.717, 1.165) is 11.1 Å². The minimum absolute atomic E-state index is 0.0810. The summed E-state index contributed by atoms with van der Waals surface area (Å²) < 4.78 is 29.4. The lowest BCUT2D eigenvalue weighted by Gasteiger charge is -2.41. The third kappa shape index (κ3) is 5.27. The number of benzene rings is 3. The van der Waals surface area contributed by atoms with Crippen molar-refractivity contribution in [2.24, 2.45) is 5.92 Å². The van der Waals surface area contributed by atoms with E-state index in [1.54, 1.807) is 62.6 Å². The lowest BCUT2D eigenvalue weighted by Crippen LogP contribution is -2.48. The van der Waals surface area contributed by atoms with Crippen molar-refractivity contribution in [3.63, 3.8) is 0 Å². The fourth-order valence-electron chi connectivity index (χ4n) is 4.55. The summed E-state index contributed by atoms with van der Waals surface area (Å²) in [5, 5.41) is 2.97. The van der Waals surface area contributed by atoms with Crippen LogP contribution in [0.3, 0.4) is 0 Å². The number of amides is 2. The molecule has 1 saturated heterocycles. The first kappa shape index (κ1) is 25.0. The second-order valence-electron chi connectivity index (χ2n) is 8.51. The third-order valence-electron chi connectivity index (χ3n) is 6.41. The maximum Gasteiger partial charge on any atom is 0.227 e. The highest BCUT2D eigenvalue weighted by atomic mass is 19.1. The fourth-order valence-corrected chi connectivity index (χ4v) is 4.55. The zero-order chi connectivity index (χ0) is 25.7. The quantitative estimate of drug-likeness (QED) is 0.495. The van der Waals surface area contributed by atoms with Crippen molar-refractivity contribution in [3.05, 3.63) is 83.7 Å². The van der Waals surface area contributed by atoms with Crippen molar-refractivity contribution in [3.8, 4) is 17.2 Å². The summed E-state index contributed by atoms with van der Waals surface area (Å²) in [5.74, 6) is 0.597. The first-order valence-corrected chi connectivity index (χ1v) is 11.7. The van der Waals surface area contributed by atoms with E-state index in [2.05, 4.69) is 5.32 Å². The molecule has 36 heavy (non-hydrogen) atoms. The number of carbonyl (C=O) groups excluding carboxylic acids is 2. The number of hydrogen-bond donors (Lipinski definition) is 1. The molecule has 2 amide bonds. The smallest absolute Gasteiger partial charge is 0.227 e. The minimum atomic E-state index is -0.576. The van der Waals surface area contributed by atoms with Gasteiger partial charge in [0.25, 0.3) is 0 Å². The van der Waals surface area contributed by atoms with Crippen LogP contribution >= 0.6 is 0 Å². The van der Waals surface area contributed by atoms with Crippen LogP contribution in [0.5, 0.6) is 17.2 Å². The van der Waals surface area contributed by atoms with Gasteiger partial charge in [-0.25, -0.2) is 4.39 Å². The zero-order valence-corrected chi connectivity index (χ0v) is 20.5. The molecule has 0 aromatic heterocycles. The highest BCUT2D eigenvalue weighted by Crippen LogP contribution is 2.42. The van der Waals surface area contributed by atoms with Crippen molar-refractivity contribution in [1.29, 1.82) is 0 Å². The molecule has 0 bridgehead atoms. The van der Waals surface area contributed by atoms with Gasteiger partial charge in [-0.1, -0.05) is 18.2 Å². The van der Waals surface area contributed by atoms with Crippen LogP contribution in [-0.4, -0.2) is 33.1 Å². The minimum Gasteiger partial charge on any atom is -0.497 e. The first-order chi connectivity index (χ1) is 17.4. The van der Waals surface area contributed by atoms with Crippen LogP contribution in [0.15, 0.2) is 66.7 Å². The largest absolute Gasteiger partial charge is 0.497 e. The first-order valence-electron chi connectivity index (χ1n) is 11.7. The van der Waals surface area contributed by atoms with Crippen LogP contribution in [0.4, 0.5) is 10.1 Å². The number of nitrogens with zero attached hydrogens (tertiary/aromatic N) is 1. The standard InChI is InChI=1S/C28H29FN2O5/c1-34-22-11-9-21(10-12-22)31-26(32)15-13-23(28(33)30-17-18-4-7-20(29)8-5-18)27(31)19-6-14-24(35-2)25(16-19)36-3/h4-12,14,16,23,27H,13,15,17H2,1-3H3,(H,30,33)/t23-,27+/m0/s1. The van der Waals surface area contributed by atoms with E-state index in [0.29, 0.717) is 29.4 Å². The number of halogens is 1. The molecule has 1 N–H and O–H groups in total. The molecule has 4 rings (SSSR count). The molecular weight excluding hydrogens is 463 g/mol. The summed E-state index contributed by atoms with van der Waals surface area (Å²) in [6, 6.07) is 18.0. The Labute approximate surface area is 209 Å². The van der Waals surface area contributed by atoms with Gasteiger partial charge in [0, 0.05) is 18.7 Å². The number of hydrogen-bond acceptors (Lipinski definition) is 5. The van der Waals surface area contributed by atoms with Gasteiger partial charge in [0.1, 0.15) is 11.6 Å². The Bertz CT molecular complexity index is 1210. The van der Waals surface area contributed by atoms with Crippen LogP contribution in [0.2, 0.25) is 0 Å². The molecule has 1 aliphatic heterocycles. The Morgan fingerprint density at radius 3 is 2.28 bits per heavy atom. The average Bonchev–Trinajstić information content (AvgIpc) is 2.92. The van der Waals surface area contributed by atoms with Crippen LogP contribution in [0, 0.1) is 11.7 Å². The van der Waals surface area contributed by atoms with Crippen LogP contribution < -0.4 is 24.4 Å². The molecule has 0 saturated carbocycles. The summed E-state index contributed by atoms with van der Waals surface area (Å²) >= 11 is 0. The van der Waals surface area contributed by atoms with Crippen molar-refractivity contribution < 1.29 is 28.2 Å². The fraction of sp³-hybridized carbons (Fsp3) is 0.286. The topological polar surface area (TPSA) is 77.1 Å². The molecule has 1 aliphatic rings. The molecule has 188 valence electrons. The Hall–Kier alpha value is -4.07. The molecular formula is C28H29FN2O5. The molecule has 7 nitrogen and oxygen atoms in total. The molecule has 3 aromatic rings. The van der Waals surface area contributed by atoms with E-state index in [1.165, 1.54) is 12.1 Å². The molecule has 0 spiro atoms. The van der Waals surface area contributed by atoms with E-state index < -0.39 is 12.0 Å². The predicted molar refractivity (Wildman–Crippen MR) is 134 cm³/mol. The Morgan fingerprint density at radius 2 is 1.64 bits per heavy atom. The van der Waals surface area contributed by atoms with Crippen LogP contribution in [-0.2, 0) is 16.1 Å². The van der Waals surface area contributed by atoms with Gasteiger partial charge in [-0.3, -0.25) is 9.59 Å². The van der Waals surface area contributed by atoms with Gasteiger partial charge in [-0.05, 0) is 66.1 Å². The lowest BCUT2D eigenvalue weighted by atomic mass is 9.83. The summed E-state index contributed by atoms with van der Waals surface area (Å²) in [7, 11) is 4.67. The molecule has 8 heteroatoms. The molecule has 1 heterocycles. The number of anilines is 1. The Kier molecular flexibility index (Phi) is 7.73. The number of rotatable bonds is 8. The van der Waals surface area contributed by atoms with E-state index in [1.807, 2.05) is 18.2 Å². The number of piperidine rings is 1. The summed E-state index contributed by atoms with van der Waals surface area (Å²) in [6.07, 6.45) is 0.615. The van der Waals surface area contributed by atoms with Gasteiger partial charge >= 0.3 is 0 Å². The van der Waals surface area contributed by atoms with Crippen LogP contribution in [0.1, 0.15) is 30.0 Å². The summed E-state index contributed by atoms with van der Waals surface area (Å²) in [6.45, 7) is 0.255. The average molecular weight is 493 g/mol. The van der Waals surface area contributed by atoms with Gasteiger partial charge < -0.3 is 24.4 Å². The van der Waals surface area contributed by atoms with Gasteiger partial charge in [-0.15, -0.1) is 0 Å². The highest BCUT2D eigenvalue weighted by molar-refractivity contribution is 5.97. The second kappa shape index (κ2) is 11.1. The number of methoxy groups -OCH3 is 3. The highest BCUT2D eigenvalue weighted by Gasteiger charge is 2.41. The Balaban J connectivity index is 1.71. The van der Waals surface area contributed by atoms with Crippen molar-refractivity contribution >= 4 is 17.5 Å². The summed E-state index contributed by atoms with van der Waals surface area (Å²) in [5.41, 5.74) is 2.20. The maximum atomic E-state index is 13.5. The molecule has 0 aliphatic carbocycles. The summed E-state index contributed by atoms with van der Waals surface area (Å²) in [4.78, 5) is 28.4. The number of carbonyl (C=O) groups is 2. The lowest BCUT2D eigenvalue weighted by molar-refractivity contribution is -0.129. The van der Waals surface area contributed by atoms with Crippen molar-refractivity contribution in [1.82, 2.24) is 5.32 Å². The third-order valence-corrected chi connectivity index (χ3v) is 6.41. The Morgan fingerprint density at radius 1 is 0.944 bits per heavy atom. The molecule has 0 unspecified atom stereocenters.